The molecule has 0 aliphatic carbocycles. The average molecular weight is 295 g/mol. The second-order valence-corrected chi connectivity index (χ2v) is 5.51. The van der Waals surface area contributed by atoms with Crippen LogP contribution in [-0.2, 0) is 17.8 Å². The molecule has 20 heavy (non-hydrogen) atoms. The van der Waals surface area contributed by atoms with Crippen molar-refractivity contribution in [2.24, 2.45) is 0 Å². The van der Waals surface area contributed by atoms with Crippen LogP contribution in [0.1, 0.15) is 25.2 Å². The molecule has 0 aliphatic heterocycles. The number of hydrogen-bond acceptors (Lipinski definition) is 3. The third-order valence-electron chi connectivity index (χ3n) is 2.87. The molecule has 5 nitrogen and oxygen atoms in total. The monoisotopic (exact) mass is 294 g/mol. The summed E-state index contributed by atoms with van der Waals surface area (Å²) in [5.74, 6) is 1.22. The number of nitrogens with zero attached hydrogens (tertiary/aromatic N) is 3. The fraction of sp³-hybridized carbons (Fsp3) is 0.500. The minimum atomic E-state index is -0.0440. The van der Waals surface area contributed by atoms with E-state index >= 15 is 0 Å². The largest absolute Gasteiger partial charge is 0.352 e. The van der Waals surface area contributed by atoms with Gasteiger partial charge in [0, 0.05) is 24.5 Å². The van der Waals surface area contributed by atoms with E-state index in [0.29, 0.717) is 12.3 Å². The molecular weight excluding hydrogens is 276 g/mol. The molecule has 0 saturated heterocycles. The first-order valence-electron chi connectivity index (χ1n) is 6.68. The summed E-state index contributed by atoms with van der Waals surface area (Å²) in [6, 6.07) is 2.08. The maximum absolute atomic E-state index is 12.0. The summed E-state index contributed by atoms with van der Waals surface area (Å²) in [5, 5.41) is 2.88. The zero-order chi connectivity index (χ0) is 14.7. The van der Waals surface area contributed by atoms with Crippen LogP contribution < -0.4 is 5.32 Å². The Hall–Kier alpha value is -1.62. The first-order chi connectivity index (χ1) is 9.51. The van der Waals surface area contributed by atoms with E-state index in [4.69, 9.17) is 11.6 Å². The minimum Gasteiger partial charge on any atom is -0.352 e. The van der Waals surface area contributed by atoms with Crippen LogP contribution in [0.4, 0.5) is 0 Å². The lowest BCUT2D eigenvalue weighted by Gasteiger charge is -2.11. The number of imidazole rings is 1. The molecule has 0 unspecified atom stereocenters. The third-order valence-corrected chi connectivity index (χ3v) is 3.06. The molecule has 2 rings (SSSR count). The quantitative estimate of drug-likeness (QED) is 0.859. The molecule has 2 heterocycles. The van der Waals surface area contributed by atoms with E-state index in [9.17, 15) is 4.79 Å². The smallest absolute Gasteiger partial charge is 0.240 e. The molecule has 1 N–H and O–H groups in total. The molecule has 0 radical (unpaired) electrons. The molecule has 6 heteroatoms. The summed E-state index contributed by atoms with van der Waals surface area (Å²) < 4.78 is 1.84. The highest BCUT2D eigenvalue weighted by molar-refractivity contribution is 6.17. The number of alkyl halides is 1. The Morgan fingerprint density at radius 2 is 2.25 bits per heavy atom. The van der Waals surface area contributed by atoms with Crippen molar-refractivity contribution in [3.05, 3.63) is 23.7 Å². The lowest BCUT2D eigenvalue weighted by atomic mass is 10.3. The number of rotatable bonds is 5. The molecule has 0 aromatic carbocycles. The van der Waals surface area contributed by atoms with Gasteiger partial charge in [-0.3, -0.25) is 4.79 Å². The minimum absolute atomic E-state index is 0.0440. The van der Waals surface area contributed by atoms with Crippen molar-refractivity contribution in [3.63, 3.8) is 0 Å². The van der Waals surface area contributed by atoms with Crippen LogP contribution in [0.3, 0.4) is 0 Å². The number of carbonyl (C=O) groups is 1. The molecule has 0 atom stereocenters. The molecule has 0 fully saturated rings. The number of aromatic nitrogens is 3. The van der Waals surface area contributed by atoms with Gasteiger partial charge in [-0.15, -0.1) is 11.6 Å². The Balaban J connectivity index is 2.38. The standard InChI is InChI=1S/C14H19ClN4O/c1-9(2)17-13(20)8-19-12(4-5-15)18-11-6-10(3)7-16-14(11)19/h6-7,9H,4-5,8H2,1-3H3,(H,17,20). The first-order valence-corrected chi connectivity index (χ1v) is 7.21. The van der Waals surface area contributed by atoms with Crippen molar-refractivity contribution in [3.8, 4) is 0 Å². The summed E-state index contributed by atoms with van der Waals surface area (Å²) in [4.78, 5) is 20.9. The SMILES string of the molecule is Cc1cnc2c(c1)nc(CCCl)n2CC(=O)NC(C)C. The second-order valence-electron chi connectivity index (χ2n) is 5.13. The van der Waals surface area contributed by atoms with Crippen molar-refractivity contribution >= 4 is 28.7 Å². The molecular formula is C14H19ClN4O. The van der Waals surface area contributed by atoms with Crippen LogP contribution >= 0.6 is 11.6 Å². The lowest BCUT2D eigenvalue weighted by molar-refractivity contribution is -0.122. The van der Waals surface area contributed by atoms with Gasteiger partial charge in [0.2, 0.25) is 5.91 Å². The van der Waals surface area contributed by atoms with Crippen LogP contribution in [0.25, 0.3) is 11.2 Å². The van der Waals surface area contributed by atoms with Crippen molar-refractivity contribution in [2.45, 2.75) is 39.8 Å². The van der Waals surface area contributed by atoms with Crippen LogP contribution in [0.5, 0.6) is 0 Å². The van der Waals surface area contributed by atoms with Crippen LogP contribution in [0.2, 0.25) is 0 Å². The fourth-order valence-electron chi connectivity index (χ4n) is 2.11. The highest BCUT2D eigenvalue weighted by atomic mass is 35.5. The molecule has 108 valence electrons. The predicted octanol–water partition coefficient (Wildman–Crippen LogP) is 2.05. The van der Waals surface area contributed by atoms with Gasteiger partial charge < -0.3 is 9.88 Å². The van der Waals surface area contributed by atoms with Crippen LogP contribution in [-0.4, -0.2) is 32.4 Å². The van der Waals surface area contributed by atoms with Crippen molar-refractivity contribution < 1.29 is 4.79 Å². The Kier molecular flexibility index (Phi) is 4.60. The van der Waals surface area contributed by atoms with Crippen LogP contribution in [0, 0.1) is 6.92 Å². The molecule has 0 spiro atoms. The van der Waals surface area contributed by atoms with Gasteiger partial charge >= 0.3 is 0 Å². The van der Waals surface area contributed by atoms with E-state index in [1.54, 1.807) is 6.20 Å². The zero-order valence-corrected chi connectivity index (χ0v) is 12.7. The van der Waals surface area contributed by atoms with E-state index in [0.717, 1.165) is 22.6 Å². The van der Waals surface area contributed by atoms with E-state index in [1.165, 1.54) is 0 Å². The van der Waals surface area contributed by atoms with Gasteiger partial charge in [0.05, 0.1) is 0 Å². The Morgan fingerprint density at radius 1 is 1.50 bits per heavy atom. The number of nitrogens with one attached hydrogen (secondary N) is 1. The van der Waals surface area contributed by atoms with Gasteiger partial charge in [0.25, 0.3) is 0 Å². The second kappa shape index (κ2) is 6.22. The summed E-state index contributed by atoms with van der Waals surface area (Å²) in [6.45, 7) is 6.06. The number of amides is 1. The Labute approximate surface area is 123 Å². The summed E-state index contributed by atoms with van der Waals surface area (Å²) in [7, 11) is 0. The molecule has 2 aromatic rings. The summed E-state index contributed by atoms with van der Waals surface area (Å²) in [5.41, 5.74) is 2.59. The molecule has 0 saturated carbocycles. The van der Waals surface area contributed by atoms with Gasteiger partial charge in [-0.2, -0.15) is 0 Å². The van der Waals surface area contributed by atoms with Gasteiger partial charge in [-0.25, -0.2) is 9.97 Å². The van der Waals surface area contributed by atoms with Gasteiger partial charge in [-0.05, 0) is 32.4 Å². The van der Waals surface area contributed by atoms with E-state index in [1.807, 2.05) is 31.4 Å². The van der Waals surface area contributed by atoms with E-state index in [-0.39, 0.29) is 18.5 Å². The number of fused-ring (bicyclic) bond motifs is 1. The average Bonchev–Trinajstić information content (AvgIpc) is 2.66. The predicted molar refractivity (Wildman–Crippen MR) is 80.0 cm³/mol. The maximum atomic E-state index is 12.0. The van der Waals surface area contributed by atoms with Crippen LogP contribution in [0.15, 0.2) is 12.3 Å². The van der Waals surface area contributed by atoms with E-state index < -0.39 is 0 Å². The topological polar surface area (TPSA) is 59.8 Å². The fourth-order valence-corrected chi connectivity index (χ4v) is 2.28. The highest BCUT2D eigenvalue weighted by Crippen LogP contribution is 2.16. The molecule has 0 bridgehead atoms. The van der Waals surface area contributed by atoms with Crippen molar-refractivity contribution in [1.82, 2.24) is 19.9 Å². The number of hydrogen-bond donors (Lipinski definition) is 1. The van der Waals surface area contributed by atoms with Crippen molar-refractivity contribution in [1.29, 1.82) is 0 Å². The van der Waals surface area contributed by atoms with Crippen molar-refractivity contribution in [2.75, 3.05) is 5.88 Å². The molecule has 2 aromatic heterocycles. The number of carbonyl (C=O) groups excluding carboxylic acids is 1. The zero-order valence-electron chi connectivity index (χ0n) is 12.0. The highest BCUT2D eigenvalue weighted by Gasteiger charge is 2.15. The molecule has 0 aliphatic rings. The summed E-state index contributed by atoms with van der Waals surface area (Å²) in [6.07, 6.45) is 2.40. The van der Waals surface area contributed by atoms with Gasteiger partial charge in [0.15, 0.2) is 5.65 Å². The Bertz CT molecular complexity index is 621. The molecule has 1 amide bonds. The Morgan fingerprint density at radius 3 is 2.90 bits per heavy atom. The number of halogens is 1. The maximum Gasteiger partial charge on any atom is 0.240 e. The van der Waals surface area contributed by atoms with E-state index in [2.05, 4.69) is 15.3 Å². The normalized spacial score (nSPS) is 11.2. The number of aryl methyl sites for hydroxylation is 2. The van der Waals surface area contributed by atoms with Gasteiger partial charge in [-0.1, -0.05) is 0 Å². The third kappa shape index (κ3) is 3.28. The number of pyridine rings is 1. The summed E-state index contributed by atoms with van der Waals surface area (Å²) >= 11 is 5.81. The van der Waals surface area contributed by atoms with Gasteiger partial charge in [0.1, 0.15) is 17.9 Å². The lowest BCUT2D eigenvalue weighted by Crippen LogP contribution is -2.33. The first kappa shape index (κ1) is 14.8.